The van der Waals surface area contributed by atoms with Crippen LogP contribution in [0.2, 0.25) is 5.02 Å². The molecule has 1 heterocycles. The molecule has 0 saturated carbocycles. The maximum atomic E-state index is 11.8. The molecule has 0 aliphatic carbocycles. The van der Waals surface area contributed by atoms with Crippen LogP contribution in [-0.4, -0.2) is 20.2 Å². The average molecular weight is 384 g/mol. The van der Waals surface area contributed by atoms with E-state index >= 15 is 0 Å². The maximum absolute atomic E-state index is 11.8. The predicted octanol–water partition coefficient (Wildman–Crippen LogP) is 1.17. The van der Waals surface area contributed by atoms with Crippen LogP contribution in [0.3, 0.4) is 0 Å². The molecule has 0 radical (unpaired) electrons. The number of hydrogen-bond donors (Lipinski definition) is 3. The number of carbonyl (C=O) groups is 2. The lowest BCUT2D eigenvalue weighted by Crippen LogP contribution is -2.47. The minimum absolute atomic E-state index is 0.00245. The summed E-state index contributed by atoms with van der Waals surface area (Å²) in [7, 11) is -3.97. The molecule has 0 aliphatic heterocycles. The highest BCUT2D eigenvalue weighted by Crippen LogP contribution is 2.10. The zero-order chi connectivity index (χ0) is 18.3. The summed E-state index contributed by atoms with van der Waals surface area (Å²) in [6.07, 6.45) is 2.73. The van der Waals surface area contributed by atoms with Crippen LogP contribution in [0.4, 0.5) is 0 Å². The zero-order valence-corrected chi connectivity index (χ0v) is 14.3. The molecule has 10 heteroatoms. The Kier molecular flexibility index (Phi) is 6.34. The fourth-order valence-corrected chi connectivity index (χ4v) is 2.38. The van der Waals surface area contributed by atoms with Crippen LogP contribution in [0.25, 0.3) is 6.08 Å². The van der Waals surface area contributed by atoms with Gasteiger partial charge in [-0.1, -0.05) is 23.7 Å². The fourth-order valence-electron chi connectivity index (χ4n) is 1.61. The first kappa shape index (κ1) is 18.7. The summed E-state index contributed by atoms with van der Waals surface area (Å²) in [4.78, 5) is 24.9. The number of sulfonamides is 1. The number of halogens is 1. The van der Waals surface area contributed by atoms with Crippen LogP contribution in [-0.2, 0) is 26.2 Å². The first-order valence-corrected chi connectivity index (χ1v) is 8.84. The Hall–Kier alpha value is -2.62. The van der Waals surface area contributed by atoms with Crippen molar-refractivity contribution in [2.24, 2.45) is 0 Å². The van der Waals surface area contributed by atoms with Crippen molar-refractivity contribution in [1.82, 2.24) is 15.6 Å². The molecule has 1 aromatic carbocycles. The van der Waals surface area contributed by atoms with Gasteiger partial charge < -0.3 is 9.73 Å². The van der Waals surface area contributed by atoms with Gasteiger partial charge in [-0.25, -0.2) is 8.42 Å². The monoisotopic (exact) mass is 383 g/mol. The summed E-state index contributed by atoms with van der Waals surface area (Å²) in [5, 5.41) is 3.64. The normalized spacial score (nSPS) is 11.4. The van der Waals surface area contributed by atoms with Gasteiger partial charge in [0, 0.05) is 10.4 Å². The van der Waals surface area contributed by atoms with Crippen LogP contribution >= 0.6 is 11.6 Å². The first-order chi connectivity index (χ1) is 11.9. The number of rotatable bonds is 6. The van der Waals surface area contributed by atoms with Crippen LogP contribution in [0.1, 0.15) is 11.3 Å². The smallest absolute Gasteiger partial charge is 0.324 e. The molecule has 3 N–H and O–H groups in total. The number of hydrazine groups is 1. The van der Waals surface area contributed by atoms with Crippen LogP contribution in [0.15, 0.2) is 52.5 Å². The molecule has 0 aliphatic rings. The molecule has 0 unspecified atom stereocenters. The summed E-state index contributed by atoms with van der Waals surface area (Å²) >= 11 is 5.73. The second-order valence-corrected chi connectivity index (χ2v) is 6.72. The topological polar surface area (TPSA) is 118 Å². The SMILES string of the molecule is O=C(NCc1ccco1)C(=O)NNS(=O)(=O)/C=C/c1ccc(Cl)cc1. The van der Waals surface area contributed by atoms with Crippen molar-refractivity contribution >= 4 is 39.5 Å². The Bertz CT molecular complexity index is 861. The molecule has 0 bridgehead atoms. The minimum Gasteiger partial charge on any atom is -0.467 e. The van der Waals surface area contributed by atoms with E-state index in [0.717, 1.165) is 5.41 Å². The molecule has 2 amide bonds. The van der Waals surface area contributed by atoms with Crippen molar-refractivity contribution < 1.29 is 22.4 Å². The molecule has 132 valence electrons. The molecule has 2 rings (SSSR count). The maximum Gasteiger partial charge on any atom is 0.324 e. The van der Waals surface area contributed by atoms with Gasteiger partial charge in [0.1, 0.15) is 5.76 Å². The summed E-state index contributed by atoms with van der Waals surface area (Å²) in [6.45, 7) is 0.00245. The quantitative estimate of drug-likeness (QED) is 0.511. The van der Waals surface area contributed by atoms with Gasteiger partial charge in [0.05, 0.1) is 12.8 Å². The van der Waals surface area contributed by atoms with Gasteiger partial charge in [0.25, 0.3) is 10.0 Å². The Balaban J connectivity index is 1.82. The standard InChI is InChI=1S/C15H14ClN3O5S/c16-12-5-3-11(4-6-12)7-9-25(22,23)19-18-15(21)14(20)17-10-13-2-1-8-24-13/h1-9,19H,10H2,(H,17,20)(H,18,21)/b9-7+. The third-order valence-electron chi connectivity index (χ3n) is 2.83. The van der Waals surface area contributed by atoms with Crippen molar-refractivity contribution in [3.8, 4) is 0 Å². The molecule has 0 atom stereocenters. The molecular formula is C15H14ClN3O5S. The Morgan fingerprint density at radius 2 is 1.84 bits per heavy atom. The van der Waals surface area contributed by atoms with E-state index in [9.17, 15) is 18.0 Å². The molecule has 8 nitrogen and oxygen atoms in total. The van der Waals surface area contributed by atoms with Gasteiger partial charge in [-0.15, -0.1) is 4.83 Å². The van der Waals surface area contributed by atoms with Gasteiger partial charge in [-0.2, -0.15) is 0 Å². The summed E-state index contributed by atoms with van der Waals surface area (Å²) in [5.74, 6) is -1.72. The molecule has 0 spiro atoms. The second kappa shape index (κ2) is 8.47. The number of hydrogen-bond acceptors (Lipinski definition) is 5. The molecular weight excluding hydrogens is 370 g/mol. The summed E-state index contributed by atoms with van der Waals surface area (Å²) in [5.41, 5.74) is 2.40. The number of nitrogens with one attached hydrogen (secondary N) is 3. The van der Waals surface area contributed by atoms with E-state index in [1.165, 1.54) is 12.3 Å². The largest absolute Gasteiger partial charge is 0.467 e. The molecule has 25 heavy (non-hydrogen) atoms. The number of amides is 2. The van der Waals surface area contributed by atoms with E-state index in [2.05, 4.69) is 5.32 Å². The van der Waals surface area contributed by atoms with Gasteiger partial charge in [-0.05, 0) is 35.9 Å². The molecule has 2 aromatic rings. The van der Waals surface area contributed by atoms with Crippen molar-refractivity contribution in [3.63, 3.8) is 0 Å². The lowest BCUT2D eigenvalue weighted by atomic mass is 10.2. The van der Waals surface area contributed by atoms with Crippen molar-refractivity contribution in [2.45, 2.75) is 6.54 Å². The van der Waals surface area contributed by atoms with E-state index in [4.69, 9.17) is 16.0 Å². The fraction of sp³-hybridized carbons (Fsp3) is 0.0667. The van der Waals surface area contributed by atoms with E-state index in [-0.39, 0.29) is 6.54 Å². The molecule has 0 saturated heterocycles. The van der Waals surface area contributed by atoms with Crippen LogP contribution in [0.5, 0.6) is 0 Å². The first-order valence-electron chi connectivity index (χ1n) is 6.92. The third kappa shape index (κ3) is 6.42. The average Bonchev–Trinajstić information content (AvgIpc) is 3.11. The van der Waals surface area contributed by atoms with Crippen molar-refractivity contribution in [1.29, 1.82) is 0 Å². The summed E-state index contributed by atoms with van der Waals surface area (Å²) in [6, 6.07) is 9.69. The van der Waals surface area contributed by atoms with E-state index < -0.39 is 21.8 Å². The highest BCUT2D eigenvalue weighted by molar-refractivity contribution is 7.92. The molecule has 1 aromatic heterocycles. The number of benzene rings is 1. The van der Waals surface area contributed by atoms with Crippen LogP contribution in [0, 0.1) is 0 Å². The Labute approximate surface area is 148 Å². The lowest BCUT2D eigenvalue weighted by molar-refractivity contribution is -0.139. The Morgan fingerprint density at radius 1 is 1.12 bits per heavy atom. The van der Waals surface area contributed by atoms with Gasteiger partial charge >= 0.3 is 11.8 Å². The summed E-state index contributed by atoms with van der Waals surface area (Å²) < 4.78 is 28.5. The van der Waals surface area contributed by atoms with Crippen molar-refractivity contribution in [2.75, 3.05) is 0 Å². The highest BCUT2D eigenvalue weighted by Gasteiger charge is 2.15. The highest BCUT2D eigenvalue weighted by atomic mass is 35.5. The van der Waals surface area contributed by atoms with Gasteiger partial charge in [0.15, 0.2) is 0 Å². The Morgan fingerprint density at radius 3 is 2.48 bits per heavy atom. The van der Waals surface area contributed by atoms with Crippen molar-refractivity contribution in [3.05, 3.63) is 64.4 Å². The number of carbonyl (C=O) groups excluding carboxylic acids is 2. The van der Waals surface area contributed by atoms with E-state index in [1.54, 1.807) is 46.7 Å². The lowest BCUT2D eigenvalue weighted by Gasteiger charge is -2.06. The minimum atomic E-state index is -3.97. The third-order valence-corrected chi connectivity index (χ3v) is 3.96. The number of furan rings is 1. The predicted molar refractivity (Wildman–Crippen MR) is 91.2 cm³/mol. The zero-order valence-electron chi connectivity index (χ0n) is 12.7. The van der Waals surface area contributed by atoms with Gasteiger partial charge in [0.2, 0.25) is 0 Å². The van der Waals surface area contributed by atoms with E-state index in [1.807, 2.05) is 0 Å². The van der Waals surface area contributed by atoms with E-state index in [0.29, 0.717) is 16.3 Å². The second-order valence-electron chi connectivity index (χ2n) is 4.72. The van der Waals surface area contributed by atoms with Gasteiger partial charge in [-0.3, -0.25) is 15.0 Å². The molecule has 0 fully saturated rings. The van der Waals surface area contributed by atoms with Crippen LogP contribution < -0.4 is 15.6 Å².